The zero-order valence-electron chi connectivity index (χ0n) is 17.3. The van der Waals surface area contributed by atoms with Gasteiger partial charge in [-0.05, 0) is 39.1 Å². The number of hydrogen-bond acceptors (Lipinski definition) is 6. The minimum absolute atomic E-state index is 0.124. The van der Waals surface area contributed by atoms with Gasteiger partial charge in [-0.15, -0.1) is 0 Å². The lowest BCUT2D eigenvalue weighted by atomic mass is 10.00. The first kappa shape index (κ1) is 22.0. The number of carbonyl (C=O) groups is 2. The van der Waals surface area contributed by atoms with Gasteiger partial charge in [0.1, 0.15) is 0 Å². The summed E-state index contributed by atoms with van der Waals surface area (Å²) in [6.45, 7) is 2.82. The Hall–Kier alpha value is -2.32. The molecule has 2 atom stereocenters. The highest BCUT2D eigenvalue weighted by Crippen LogP contribution is 2.37. The van der Waals surface area contributed by atoms with Crippen LogP contribution in [0.15, 0.2) is 12.1 Å². The van der Waals surface area contributed by atoms with Gasteiger partial charge in [0, 0.05) is 25.1 Å². The number of aliphatic hydroxyl groups is 1. The summed E-state index contributed by atoms with van der Waals surface area (Å²) < 4.78 is 10.8. The van der Waals surface area contributed by atoms with E-state index in [4.69, 9.17) is 9.47 Å². The van der Waals surface area contributed by atoms with Gasteiger partial charge in [0.25, 0.3) is 5.91 Å². The van der Waals surface area contributed by atoms with Crippen LogP contribution in [0.5, 0.6) is 11.5 Å². The van der Waals surface area contributed by atoms with Crippen LogP contribution in [0.1, 0.15) is 36.5 Å². The first-order valence-electron chi connectivity index (χ1n) is 9.52. The second-order valence-electron chi connectivity index (χ2n) is 7.20. The van der Waals surface area contributed by atoms with Crippen molar-refractivity contribution in [2.45, 2.75) is 38.3 Å². The Morgan fingerprint density at radius 1 is 1.29 bits per heavy atom. The lowest BCUT2D eigenvalue weighted by Crippen LogP contribution is -2.54. The third-order valence-corrected chi connectivity index (χ3v) is 4.97. The van der Waals surface area contributed by atoms with Crippen LogP contribution >= 0.6 is 0 Å². The molecule has 1 aliphatic heterocycles. The number of hydrogen-bond donors (Lipinski definition) is 2. The van der Waals surface area contributed by atoms with Crippen molar-refractivity contribution in [3.8, 4) is 11.5 Å². The van der Waals surface area contributed by atoms with Crippen molar-refractivity contribution < 1.29 is 24.2 Å². The molecule has 0 spiro atoms. The van der Waals surface area contributed by atoms with Crippen LogP contribution < -0.4 is 14.8 Å². The summed E-state index contributed by atoms with van der Waals surface area (Å²) in [7, 11) is 6.75. The van der Waals surface area contributed by atoms with Crippen LogP contribution in [0.3, 0.4) is 0 Å². The van der Waals surface area contributed by atoms with Gasteiger partial charge in [-0.2, -0.15) is 0 Å². The molecule has 28 heavy (non-hydrogen) atoms. The molecule has 8 nitrogen and oxygen atoms in total. The van der Waals surface area contributed by atoms with Gasteiger partial charge in [0.2, 0.25) is 5.91 Å². The molecule has 0 unspecified atom stereocenters. The normalized spacial score (nSPS) is 19.5. The van der Waals surface area contributed by atoms with Gasteiger partial charge in [-0.3, -0.25) is 9.59 Å². The zero-order chi connectivity index (χ0) is 20.8. The molecule has 0 aliphatic carbocycles. The van der Waals surface area contributed by atoms with Gasteiger partial charge in [0.05, 0.1) is 32.1 Å². The van der Waals surface area contributed by atoms with E-state index in [0.717, 1.165) is 0 Å². The number of likely N-dealkylation sites (N-methyl/N-ethyl adjacent to an activating group) is 1. The van der Waals surface area contributed by atoms with Crippen molar-refractivity contribution in [1.29, 1.82) is 0 Å². The Kier molecular flexibility index (Phi) is 7.65. The van der Waals surface area contributed by atoms with Crippen molar-refractivity contribution >= 4 is 17.5 Å². The Morgan fingerprint density at radius 2 is 2.00 bits per heavy atom. The summed E-state index contributed by atoms with van der Waals surface area (Å²) >= 11 is 0. The van der Waals surface area contributed by atoms with E-state index in [1.165, 1.54) is 14.2 Å². The van der Waals surface area contributed by atoms with Gasteiger partial charge >= 0.3 is 0 Å². The van der Waals surface area contributed by atoms with E-state index in [9.17, 15) is 14.7 Å². The van der Waals surface area contributed by atoms with E-state index in [1.54, 1.807) is 17.0 Å². The summed E-state index contributed by atoms with van der Waals surface area (Å²) in [6.07, 6.45) is 1.14. The molecule has 1 saturated heterocycles. The summed E-state index contributed by atoms with van der Waals surface area (Å²) in [4.78, 5) is 28.8. The standard InChI is InChI=1S/C20H31N3O5/c1-6-7-18(25)21-14-10-13(11-17(27-4)19(14)28-5)20(26)23-9-8-16(24)15(12-23)22(2)3/h10-11,15-16,24H,6-9,12H2,1-5H3,(H,21,25)/t15-,16-/m0/s1. The summed E-state index contributed by atoms with van der Waals surface area (Å²) in [5, 5.41) is 13.0. The fraction of sp³-hybridized carbons (Fsp3) is 0.600. The number of nitrogens with zero attached hydrogens (tertiary/aromatic N) is 2. The highest BCUT2D eigenvalue weighted by atomic mass is 16.5. The van der Waals surface area contributed by atoms with Gasteiger partial charge < -0.3 is 29.7 Å². The maximum absolute atomic E-state index is 13.1. The molecular weight excluding hydrogens is 362 g/mol. The van der Waals surface area contributed by atoms with E-state index in [2.05, 4.69) is 5.32 Å². The molecule has 1 fully saturated rings. The lowest BCUT2D eigenvalue weighted by Gasteiger charge is -2.39. The highest BCUT2D eigenvalue weighted by Gasteiger charge is 2.32. The molecule has 8 heteroatoms. The summed E-state index contributed by atoms with van der Waals surface area (Å²) in [5.41, 5.74) is 0.809. The largest absolute Gasteiger partial charge is 0.493 e. The number of likely N-dealkylation sites (tertiary alicyclic amines) is 1. The number of ether oxygens (including phenoxy) is 2. The van der Waals surface area contributed by atoms with E-state index in [1.807, 2.05) is 25.9 Å². The van der Waals surface area contributed by atoms with Crippen LogP contribution in [0, 0.1) is 0 Å². The maximum Gasteiger partial charge on any atom is 0.254 e. The van der Waals surface area contributed by atoms with Crippen LogP contribution in [-0.2, 0) is 4.79 Å². The molecule has 1 aromatic rings. The zero-order valence-corrected chi connectivity index (χ0v) is 17.3. The average Bonchev–Trinajstić information content (AvgIpc) is 2.67. The molecule has 156 valence electrons. The average molecular weight is 393 g/mol. The Balaban J connectivity index is 2.33. The van der Waals surface area contributed by atoms with Gasteiger partial charge in [-0.25, -0.2) is 0 Å². The highest BCUT2D eigenvalue weighted by molar-refractivity contribution is 5.99. The van der Waals surface area contributed by atoms with Crippen molar-refractivity contribution in [3.63, 3.8) is 0 Å². The van der Waals surface area contributed by atoms with Crippen molar-refractivity contribution in [1.82, 2.24) is 9.80 Å². The Labute approximate surface area is 166 Å². The van der Waals surface area contributed by atoms with E-state index >= 15 is 0 Å². The Morgan fingerprint density at radius 3 is 2.57 bits per heavy atom. The molecule has 0 radical (unpaired) electrons. The second-order valence-corrected chi connectivity index (χ2v) is 7.20. The number of aliphatic hydroxyl groups excluding tert-OH is 1. The molecule has 1 aromatic carbocycles. The molecule has 2 rings (SSSR count). The first-order chi connectivity index (χ1) is 13.3. The first-order valence-corrected chi connectivity index (χ1v) is 9.52. The number of benzene rings is 1. The molecule has 1 heterocycles. The van der Waals surface area contributed by atoms with Crippen molar-refractivity contribution in [2.24, 2.45) is 0 Å². The fourth-order valence-electron chi connectivity index (χ4n) is 3.41. The Bertz CT molecular complexity index is 707. The predicted molar refractivity (Wildman–Crippen MR) is 107 cm³/mol. The minimum Gasteiger partial charge on any atom is -0.493 e. The SMILES string of the molecule is CCCC(=O)Nc1cc(C(=O)N2CC[C@H](O)[C@@H](N(C)C)C2)cc(OC)c1OC. The van der Waals surface area contributed by atoms with Crippen molar-refractivity contribution in [3.05, 3.63) is 17.7 Å². The fourth-order valence-corrected chi connectivity index (χ4v) is 3.41. The number of methoxy groups -OCH3 is 2. The summed E-state index contributed by atoms with van der Waals surface area (Å²) in [6, 6.07) is 3.11. The number of amides is 2. The molecule has 2 amide bonds. The molecule has 0 saturated carbocycles. The maximum atomic E-state index is 13.1. The molecule has 0 aromatic heterocycles. The van der Waals surface area contributed by atoms with E-state index in [0.29, 0.717) is 55.1 Å². The third-order valence-electron chi connectivity index (χ3n) is 4.97. The monoisotopic (exact) mass is 393 g/mol. The molecule has 2 N–H and O–H groups in total. The number of rotatable bonds is 7. The van der Waals surface area contributed by atoms with Gasteiger partial charge in [0.15, 0.2) is 11.5 Å². The number of piperidine rings is 1. The van der Waals surface area contributed by atoms with E-state index in [-0.39, 0.29) is 17.9 Å². The van der Waals surface area contributed by atoms with Crippen LogP contribution in [0.25, 0.3) is 0 Å². The lowest BCUT2D eigenvalue weighted by molar-refractivity contribution is -0.116. The van der Waals surface area contributed by atoms with Crippen LogP contribution in [-0.4, -0.2) is 80.3 Å². The van der Waals surface area contributed by atoms with Crippen LogP contribution in [0.4, 0.5) is 5.69 Å². The molecule has 1 aliphatic rings. The summed E-state index contributed by atoms with van der Waals surface area (Å²) in [5.74, 6) is 0.428. The smallest absolute Gasteiger partial charge is 0.254 e. The topological polar surface area (TPSA) is 91.3 Å². The predicted octanol–water partition coefficient (Wildman–Crippen LogP) is 1.58. The minimum atomic E-state index is -0.464. The number of nitrogens with one attached hydrogen (secondary N) is 1. The molecule has 0 bridgehead atoms. The quantitative estimate of drug-likeness (QED) is 0.731. The van der Waals surface area contributed by atoms with Gasteiger partial charge in [-0.1, -0.05) is 6.92 Å². The van der Waals surface area contributed by atoms with Crippen LogP contribution in [0.2, 0.25) is 0 Å². The second kappa shape index (κ2) is 9.75. The van der Waals surface area contributed by atoms with Crippen molar-refractivity contribution in [2.75, 3.05) is 46.7 Å². The molecular formula is C20H31N3O5. The van der Waals surface area contributed by atoms with E-state index < -0.39 is 6.10 Å². The number of carbonyl (C=O) groups excluding carboxylic acids is 2. The third kappa shape index (κ3) is 4.94. The number of anilines is 1.